The molecule has 0 bridgehead atoms. The number of rotatable bonds is 4. The maximum absolute atomic E-state index is 9.44. The fourth-order valence-corrected chi connectivity index (χ4v) is 0.815. The number of aliphatic hydroxyl groups is 1. The predicted molar refractivity (Wildman–Crippen MR) is 52.8 cm³/mol. The zero-order valence-corrected chi connectivity index (χ0v) is 8.31. The van der Waals surface area contributed by atoms with Gasteiger partial charge in [-0.05, 0) is 19.2 Å². The Hall–Kier alpha value is -1.27. The fraction of sp³-hybridized carbons (Fsp3) is 0.500. The summed E-state index contributed by atoms with van der Waals surface area (Å²) in [7, 11) is 3.74. The predicted octanol–water partition coefficient (Wildman–Crippen LogP) is 1.14. The lowest BCUT2D eigenvalue weighted by molar-refractivity contribution is 0.199. The molecule has 0 aliphatic carbocycles. The minimum Gasteiger partial charge on any atom is -0.387 e. The van der Waals surface area contributed by atoms with Gasteiger partial charge in [0.25, 0.3) is 0 Å². The summed E-state index contributed by atoms with van der Waals surface area (Å²) in [6.45, 7) is 1.81. The van der Waals surface area contributed by atoms with Crippen molar-refractivity contribution in [1.82, 2.24) is 4.90 Å². The highest BCUT2D eigenvalue weighted by Crippen LogP contribution is 2.06. The summed E-state index contributed by atoms with van der Waals surface area (Å²) in [6.07, 6.45) is 6.07. The Labute approximate surface area is 79.6 Å². The molecule has 0 spiro atoms. The average Bonchev–Trinajstić information content (AvgIpc) is 2.05. The lowest BCUT2D eigenvalue weighted by Crippen LogP contribution is -2.15. The molecule has 2 unspecified atom stereocenters. The van der Waals surface area contributed by atoms with Crippen LogP contribution in [0.5, 0.6) is 0 Å². The van der Waals surface area contributed by atoms with E-state index in [1.54, 1.807) is 24.4 Å². The van der Waals surface area contributed by atoms with Crippen LogP contribution in [0.25, 0.3) is 0 Å². The van der Waals surface area contributed by atoms with Gasteiger partial charge in [-0.2, -0.15) is 5.26 Å². The summed E-state index contributed by atoms with van der Waals surface area (Å²) in [5.41, 5.74) is 0. The monoisotopic (exact) mass is 180 g/mol. The lowest BCUT2D eigenvalue weighted by Gasteiger charge is -2.10. The number of hydrogen-bond donors (Lipinski definition) is 1. The van der Waals surface area contributed by atoms with Gasteiger partial charge in [0.1, 0.15) is 0 Å². The quantitative estimate of drug-likeness (QED) is 0.660. The second-order valence-corrected chi connectivity index (χ2v) is 2.98. The van der Waals surface area contributed by atoms with E-state index >= 15 is 0 Å². The van der Waals surface area contributed by atoms with Crippen LogP contribution in [0.3, 0.4) is 0 Å². The third-order valence-electron chi connectivity index (χ3n) is 1.50. The molecule has 0 saturated heterocycles. The second-order valence-electron chi connectivity index (χ2n) is 2.98. The maximum Gasteiger partial charge on any atom is 0.0955 e. The standard InChI is InChI=1S/C10H16N2O/c1-4-5-10(13)9(8-11)6-7-12(2)3/h4-7,9-10,13H,1-3H3/b5-4+,7-6+. The number of nitrogens with zero attached hydrogens (tertiary/aromatic N) is 2. The van der Waals surface area contributed by atoms with Crippen molar-refractivity contribution in [3.63, 3.8) is 0 Å². The van der Waals surface area contributed by atoms with Crippen molar-refractivity contribution in [2.75, 3.05) is 14.1 Å². The molecule has 0 aliphatic rings. The molecule has 0 saturated carbocycles. The van der Waals surface area contributed by atoms with E-state index in [1.807, 2.05) is 32.0 Å². The zero-order chi connectivity index (χ0) is 10.3. The van der Waals surface area contributed by atoms with Crippen molar-refractivity contribution in [3.8, 4) is 6.07 Å². The summed E-state index contributed by atoms with van der Waals surface area (Å²) in [4.78, 5) is 1.83. The molecule has 0 aromatic rings. The highest BCUT2D eigenvalue weighted by Gasteiger charge is 2.11. The molecule has 0 heterocycles. The Morgan fingerprint density at radius 3 is 2.38 bits per heavy atom. The van der Waals surface area contributed by atoms with Gasteiger partial charge in [-0.15, -0.1) is 0 Å². The lowest BCUT2D eigenvalue weighted by atomic mass is 10.0. The second kappa shape index (κ2) is 6.27. The van der Waals surface area contributed by atoms with Crippen molar-refractivity contribution in [1.29, 1.82) is 5.26 Å². The van der Waals surface area contributed by atoms with Gasteiger partial charge in [-0.25, -0.2) is 0 Å². The first-order valence-electron chi connectivity index (χ1n) is 4.17. The highest BCUT2D eigenvalue weighted by molar-refractivity contribution is 5.08. The van der Waals surface area contributed by atoms with Crippen molar-refractivity contribution in [3.05, 3.63) is 24.4 Å². The van der Waals surface area contributed by atoms with E-state index in [0.717, 1.165) is 0 Å². The third kappa shape index (κ3) is 5.05. The van der Waals surface area contributed by atoms with Crippen LogP contribution in [0, 0.1) is 17.2 Å². The van der Waals surface area contributed by atoms with Crippen molar-refractivity contribution < 1.29 is 5.11 Å². The van der Waals surface area contributed by atoms with Gasteiger partial charge < -0.3 is 10.0 Å². The number of hydrogen-bond acceptors (Lipinski definition) is 3. The molecular weight excluding hydrogens is 164 g/mol. The van der Waals surface area contributed by atoms with Gasteiger partial charge in [-0.1, -0.05) is 12.2 Å². The van der Waals surface area contributed by atoms with Gasteiger partial charge >= 0.3 is 0 Å². The number of allylic oxidation sites excluding steroid dienone is 1. The van der Waals surface area contributed by atoms with Crippen molar-refractivity contribution in [2.24, 2.45) is 5.92 Å². The molecule has 13 heavy (non-hydrogen) atoms. The number of aliphatic hydroxyl groups excluding tert-OH is 1. The van der Waals surface area contributed by atoms with Gasteiger partial charge in [0, 0.05) is 14.1 Å². The first-order chi connectivity index (χ1) is 6.11. The number of nitriles is 1. The topological polar surface area (TPSA) is 47.3 Å². The minimum absolute atomic E-state index is 0.474. The van der Waals surface area contributed by atoms with Crippen LogP contribution in [0.1, 0.15) is 6.92 Å². The molecule has 1 N–H and O–H groups in total. The molecule has 0 aromatic carbocycles. The zero-order valence-electron chi connectivity index (χ0n) is 8.31. The Balaban J connectivity index is 4.28. The van der Waals surface area contributed by atoms with Crippen LogP contribution in [0.4, 0.5) is 0 Å². The minimum atomic E-state index is -0.716. The Morgan fingerprint density at radius 1 is 1.38 bits per heavy atom. The molecule has 0 aromatic heterocycles. The molecular formula is C10H16N2O. The van der Waals surface area contributed by atoms with E-state index in [2.05, 4.69) is 0 Å². The average molecular weight is 180 g/mol. The maximum atomic E-state index is 9.44. The van der Waals surface area contributed by atoms with Gasteiger partial charge in [0.2, 0.25) is 0 Å². The van der Waals surface area contributed by atoms with Crippen LogP contribution in [-0.2, 0) is 0 Å². The van der Waals surface area contributed by atoms with Crippen LogP contribution in [0.15, 0.2) is 24.4 Å². The molecule has 72 valence electrons. The van der Waals surface area contributed by atoms with E-state index in [1.165, 1.54) is 0 Å². The molecule has 0 rings (SSSR count). The molecule has 0 amide bonds. The summed E-state index contributed by atoms with van der Waals surface area (Å²) in [5, 5.41) is 18.2. The molecule has 3 nitrogen and oxygen atoms in total. The Morgan fingerprint density at radius 2 is 2.00 bits per heavy atom. The largest absolute Gasteiger partial charge is 0.387 e. The Bertz CT molecular complexity index is 226. The van der Waals surface area contributed by atoms with E-state index in [4.69, 9.17) is 5.26 Å². The van der Waals surface area contributed by atoms with Crippen LogP contribution in [-0.4, -0.2) is 30.2 Å². The van der Waals surface area contributed by atoms with Gasteiger partial charge in [0.05, 0.1) is 18.1 Å². The van der Waals surface area contributed by atoms with E-state index < -0.39 is 12.0 Å². The van der Waals surface area contributed by atoms with Gasteiger partial charge in [-0.3, -0.25) is 0 Å². The van der Waals surface area contributed by atoms with Crippen molar-refractivity contribution in [2.45, 2.75) is 13.0 Å². The molecule has 3 heteroatoms. The van der Waals surface area contributed by atoms with E-state index in [-0.39, 0.29) is 0 Å². The molecule has 0 fully saturated rings. The third-order valence-corrected chi connectivity index (χ3v) is 1.50. The van der Waals surface area contributed by atoms with Crippen LogP contribution < -0.4 is 0 Å². The summed E-state index contributed by atoms with van der Waals surface area (Å²) < 4.78 is 0. The first-order valence-corrected chi connectivity index (χ1v) is 4.17. The summed E-state index contributed by atoms with van der Waals surface area (Å²) in [5.74, 6) is -0.474. The highest BCUT2D eigenvalue weighted by atomic mass is 16.3. The summed E-state index contributed by atoms with van der Waals surface area (Å²) >= 11 is 0. The normalized spacial score (nSPS) is 15.9. The fourth-order valence-electron chi connectivity index (χ4n) is 0.815. The molecule has 0 aliphatic heterocycles. The SMILES string of the molecule is C/C=C/C(O)C(C#N)/C=C/N(C)C. The van der Waals surface area contributed by atoms with Gasteiger partial charge in [0.15, 0.2) is 0 Å². The van der Waals surface area contributed by atoms with E-state index in [9.17, 15) is 5.11 Å². The smallest absolute Gasteiger partial charge is 0.0955 e. The van der Waals surface area contributed by atoms with E-state index in [0.29, 0.717) is 0 Å². The Kier molecular flexibility index (Phi) is 5.66. The molecule has 0 radical (unpaired) electrons. The van der Waals surface area contributed by atoms with Crippen molar-refractivity contribution >= 4 is 0 Å². The molecule has 2 atom stereocenters. The van der Waals surface area contributed by atoms with Crippen LogP contribution >= 0.6 is 0 Å². The van der Waals surface area contributed by atoms with Crippen LogP contribution in [0.2, 0.25) is 0 Å². The first kappa shape index (κ1) is 11.7. The summed E-state index contributed by atoms with van der Waals surface area (Å²) in [6, 6.07) is 2.03.